The van der Waals surface area contributed by atoms with E-state index in [1.807, 2.05) is 6.07 Å². The zero-order chi connectivity index (χ0) is 19.2. The second-order valence-corrected chi connectivity index (χ2v) is 6.19. The van der Waals surface area contributed by atoms with Crippen molar-refractivity contribution in [2.24, 2.45) is 5.10 Å². The monoisotopic (exact) mass is 373 g/mol. The van der Waals surface area contributed by atoms with Gasteiger partial charge in [0, 0.05) is 17.3 Å². The largest absolute Gasteiger partial charge is 0.439 e. The summed E-state index contributed by atoms with van der Waals surface area (Å²) in [5, 5.41) is 4.76. The molecule has 5 nitrogen and oxygen atoms in total. The minimum absolute atomic E-state index is 0.0665. The molecule has 0 saturated heterocycles. The summed E-state index contributed by atoms with van der Waals surface area (Å²) in [7, 11) is 0. The van der Waals surface area contributed by atoms with Crippen LogP contribution in [0.5, 0.6) is 0 Å². The summed E-state index contributed by atoms with van der Waals surface area (Å²) in [6.07, 6.45) is -4.31. The summed E-state index contributed by atoms with van der Waals surface area (Å²) >= 11 is 0. The molecule has 1 aliphatic heterocycles. The van der Waals surface area contributed by atoms with Gasteiger partial charge in [-0.15, -0.1) is 0 Å². The molecular weight excluding hydrogens is 359 g/mol. The number of benzene rings is 2. The van der Waals surface area contributed by atoms with Gasteiger partial charge in [0.1, 0.15) is 11.8 Å². The number of hydrazone groups is 1. The molecular formula is C19H14F3N3O2. The van der Waals surface area contributed by atoms with Crippen LogP contribution in [-0.4, -0.2) is 22.9 Å². The number of alkyl halides is 3. The van der Waals surface area contributed by atoms with Crippen molar-refractivity contribution >= 4 is 22.7 Å². The fraction of sp³-hybridized carbons (Fsp3) is 0.158. The highest BCUT2D eigenvalue weighted by Gasteiger charge is 2.35. The first-order chi connectivity index (χ1) is 12.8. The second-order valence-electron chi connectivity index (χ2n) is 6.19. The number of nitrogens with one attached hydrogen (secondary N) is 2. The highest BCUT2D eigenvalue weighted by Crippen LogP contribution is 2.38. The van der Waals surface area contributed by atoms with Gasteiger partial charge in [-0.3, -0.25) is 0 Å². The lowest BCUT2D eigenvalue weighted by Crippen LogP contribution is -2.37. The summed E-state index contributed by atoms with van der Waals surface area (Å²) in [6.45, 7) is 1.55. The van der Waals surface area contributed by atoms with E-state index in [0.717, 1.165) is 17.0 Å². The molecule has 3 aromatic rings. The molecule has 0 unspecified atom stereocenters. The number of aromatic nitrogens is 1. The summed E-state index contributed by atoms with van der Waals surface area (Å²) in [5.74, 6) is 0. The van der Waals surface area contributed by atoms with E-state index in [0.29, 0.717) is 5.56 Å². The maximum Gasteiger partial charge on any atom is 0.428 e. The van der Waals surface area contributed by atoms with Crippen molar-refractivity contribution in [3.05, 3.63) is 59.8 Å². The first-order valence-electron chi connectivity index (χ1n) is 8.16. The molecule has 1 aliphatic rings. The van der Waals surface area contributed by atoms with E-state index < -0.39 is 23.9 Å². The third kappa shape index (κ3) is 3.14. The number of halogens is 3. The fourth-order valence-electron chi connectivity index (χ4n) is 3.14. The maximum atomic E-state index is 13.7. The quantitative estimate of drug-likeness (QED) is 0.685. The molecule has 4 rings (SSSR count). The van der Waals surface area contributed by atoms with E-state index >= 15 is 0 Å². The van der Waals surface area contributed by atoms with Gasteiger partial charge in [0.15, 0.2) is 0 Å². The number of rotatable bonds is 2. The van der Waals surface area contributed by atoms with Gasteiger partial charge in [0.05, 0.1) is 5.56 Å². The summed E-state index contributed by atoms with van der Waals surface area (Å²) in [4.78, 5) is 14.2. The Bertz CT molecular complexity index is 1070. The average molecular weight is 373 g/mol. The number of hydrogen-bond donors (Lipinski definition) is 2. The number of carbonyl (C=O) groups is 1. The average Bonchev–Trinajstić information content (AvgIpc) is 3.08. The smallest absolute Gasteiger partial charge is 0.428 e. The predicted octanol–water partition coefficient (Wildman–Crippen LogP) is 4.69. The number of H-pyrrole nitrogens is 1. The molecule has 27 heavy (non-hydrogen) atoms. The fourth-order valence-corrected chi connectivity index (χ4v) is 3.14. The Morgan fingerprint density at radius 2 is 1.85 bits per heavy atom. The Balaban J connectivity index is 1.84. The van der Waals surface area contributed by atoms with Crippen LogP contribution >= 0.6 is 0 Å². The van der Waals surface area contributed by atoms with Crippen LogP contribution in [0, 0.1) is 0 Å². The topological polar surface area (TPSA) is 66.5 Å². The van der Waals surface area contributed by atoms with Gasteiger partial charge >= 0.3 is 12.3 Å². The van der Waals surface area contributed by atoms with Crippen LogP contribution in [0.2, 0.25) is 0 Å². The van der Waals surface area contributed by atoms with Crippen LogP contribution in [0.25, 0.3) is 22.0 Å². The van der Waals surface area contributed by atoms with Crippen LogP contribution < -0.4 is 5.43 Å². The van der Waals surface area contributed by atoms with Crippen LogP contribution in [0.15, 0.2) is 53.8 Å². The standard InChI is InChI=1S/C19H14F3N3O2/c1-10-17(24-25-18(26)27-10)13-4-5-14(15(8-13)19(20,21)22)12-3-2-11-6-7-23-16(11)9-12/h2-10,23H,1H3,(H,25,26)/t10-/m0/s1. The van der Waals surface area contributed by atoms with Crippen LogP contribution in [0.4, 0.5) is 18.0 Å². The third-order valence-corrected chi connectivity index (χ3v) is 4.42. The van der Waals surface area contributed by atoms with E-state index in [1.165, 1.54) is 6.07 Å². The molecule has 138 valence electrons. The first-order valence-corrected chi connectivity index (χ1v) is 8.16. The Labute approximate surface area is 151 Å². The van der Waals surface area contributed by atoms with Gasteiger partial charge in [-0.05, 0) is 41.6 Å². The Hall–Kier alpha value is -3.29. The highest BCUT2D eigenvalue weighted by molar-refractivity contribution is 6.06. The molecule has 0 saturated carbocycles. The van der Waals surface area contributed by atoms with Gasteiger partial charge in [-0.2, -0.15) is 18.3 Å². The molecule has 1 atom stereocenters. The van der Waals surface area contributed by atoms with Crippen LogP contribution in [-0.2, 0) is 10.9 Å². The Kier molecular flexibility index (Phi) is 3.91. The molecule has 0 fully saturated rings. The SMILES string of the molecule is C[C@@H]1OC(=O)NN=C1c1ccc(-c2ccc3cc[nH]c3c2)c(C(F)(F)F)c1. The van der Waals surface area contributed by atoms with Gasteiger partial charge in [0.25, 0.3) is 0 Å². The van der Waals surface area contributed by atoms with Crippen molar-refractivity contribution in [1.29, 1.82) is 0 Å². The molecule has 0 radical (unpaired) electrons. The van der Waals surface area contributed by atoms with Crippen molar-refractivity contribution in [3.8, 4) is 11.1 Å². The minimum Gasteiger partial charge on any atom is -0.439 e. The molecule has 2 aromatic carbocycles. The third-order valence-electron chi connectivity index (χ3n) is 4.42. The molecule has 1 aromatic heterocycles. The van der Waals surface area contributed by atoms with Crippen molar-refractivity contribution in [1.82, 2.24) is 10.4 Å². The molecule has 0 aliphatic carbocycles. The lowest BCUT2D eigenvalue weighted by atomic mass is 9.94. The zero-order valence-electron chi connectivity index (χ0n) is 14.1. The number of fused-ring (bicyclic) bond motifs is 1. The van der Waals surface area contributed by atoms with Gasteiger partial charge in [-0.1, -0.05) is 24.3 Å². The van der Waals surface area contributed by atoms with Crippen molar-refractivity contribution in [2.45, 2.75) is 19.2 Å². The van der Waals surface area contributed by atoms with Crippen LogP contribution in [0.1, 0.15) is 18.1 Å². The summed E-state index contributed by atoms with van der Waals surface area (Å²) in [5.41, 5.74) is 3.08. The van der Waals surface area contributed by atoms with E-state index in [-0.39, 0.29) is 16.8 Å². The molecule has 2 heterocycles. The number of nitrogens with zero attached hydrogens (tertiary/aromatic N) is 1. The predicted molar refractivity (Wildman–Crippen MR) is 94.4 cm³/mol. The van der Waals surface area contributed by atoms with Gasteiger partial charge in [-0.25, -0.2) is 10.2 Å². The molecule has 2 N–H and O–H groups in total. The van der Waals surface area contributed by atoms with E-state index in [2.05, 4.69) is 15.5 Å². The zero-order valence-corrected chi connectivity index (χ0v) is 14.1. The van der Waals surface area contributed by atoms with E-state index in [9.17, 15) is 18.0 Å². The maximum absolute atomic E-state index is 13.7. The normalized spacial score (nSPS) is 17.4. The second kappa shape index (κ2) is 6.15. The van der Waals surface area contributed by atoms with E-state index in [4.69, 9.17) is 4.74 Å². The number of carbonyl (C=O) groups excluding carboxylic acids is 1. The molecule has 8 heteroatoms. The van der Waals surface area contributed by atoms with Crippen molar-refractivity contribution in [2.75, 3.05) is 0 Å². The van der Waals surface area contributed by atoms with Crippen molar-refractivity contribution in [3.63, 3.8) is 0 Å². The lowest BCUT2D eigenvalue weighted by molar-refractivity contribution is -0.137. The lowest BCUT2D eigenvalue weighted by Gasteiger charge is -2.22. The number of hydrogen-bond acceptors (Lipinski definition) is 3. The summed E-state index contributed by atoms with van der Waals surface area (Å²) in [6, 6.07) is 10.9. The number of cyclic esters (lactones) is 1. The minimum atomic E-state index is -4.56. The van der Waals surface area contributed by atoms with Crippen LogP contribution in [0.3, 0.4) is 0 Å². The van der Waals surface area contributed by atoms with Gasteiger partial charge in [0.2, 0.25) is 0 Å². The molecule has 1 amide bonds. The number of aromatic amines is 1. The molecule has 0 bridgehead atoms. The van der Waals surface area contributed by atoms with Gasteiger partial charge < -0.3 is 9.72 Å². The van der Waals surface area contributed by atoms with Crippen molar-refractivity contribution < 1.29 is 22.7 Å². The highest BCUT2D eigenvalue weighted by atomic mass is 19.4. The number of ether oxygens (including phenoxy) is 1. The Morgan fingerprint density at radius 3 is 2.59 bits per heavy atom. The first kappa shape index (κ1) is 17.1. The number of amides is 1. The van der Waals surface area contributed by atoms with E-state index in [1.54, 1.807) is 37.4 Å². The summed E-state index contributed by atoms with van der Waals surface area (Å²) < 4.78 is 46.2. The Morgan fingerprint density at radius 1 is 1.07 bits per heavy atom. The molecule has 0 spiro atoms.